The molecule has 3 aromatic heterocycles. The van der Waals surface area contributed by atoms with Gasteiger partial charge in [0, 0.05) is 36.1 Å². The third-order valence-electron chi connectivity index (χ3n) is 4.12. The maximum atomic E-state index is 11.7. The van der Waals surface area contributed by atoms with Gasteiger partial charge in [0.25, 0.3) is 0 Å². The number of aromatic nitrogens is 4. The number of nitrogens with one attached hydrogen (secondary N) is 3. The number of rotatable bonds is 5. The summed E-state index contributed by atoms with van der Waals surface area (Å²) in [5, 5.41) is 25.4. The van der Waals surface area contributed by atoms with Crippen LogP contribution in [0, 0.1) is 10.1 Å². The number of pyridine rings is 2. The van der Waals surface area contributed by atoms with E-state index in [-0.39, 0.29) is 11.5 Å². The highest BCUT2D eigenvalue weighted by molar-refractivity contribution is 5.85. The topological polar surface area (TPSA) is 122 Å². The lowest BCUT2D eigenvalue weighted by Crippen LogP contribution is -2.05. The van der Waals surface area contributed by atoms with Gasteiger partial charge in [-0.3, -0.25) is 20.2 Å². The van der Waals surface area contributed by atoms with Crippen LogP contribution in [0.4, 0.5) is 22.9 Å². The number of hydrogen-bond donors (Lipinski definition) is 3. The molecule has 0 radical (unpaired) electrons. The van der Waals surface area contributed by atoms with Gasteiger partial charge in [-0.2, -0.15) is 5.10 Å². The van der Waals surface area contributed by atoms with Crippen molar-refractivity contribution < 1.29 is 4.92 Å². The maximum absolute atomic E-state index is 11.7. The first-order chi connectivity index (χ1) is 13.2. The standard InChI is InChI=1S/C18H15N7O2/c1-19-16-9-15(11-4-6-20-7-5-11)23-18(17(16)25(26)27)22-13-2-3-14-12(8-13)10-21-24-14/h2-10H,1H3,(H,21,24)(H2,19,22,23). The van der Waals surface area contributed by atoms with Crippen LogP contribution < -0.4 is 10.6 Å². The molecular formula is C18H15N7O2. The fourth-order valence-corrected chi connectivity index (χ4v) is 2.83. The molecule has 0 spiro atoms. The van der Waals surface area contributed by atoms with E-state index >= 15 is 0 Å². The zero-order valence-corrected chi connectivity index (χ0v) is 14.3. The van der Waals surface area contributed by atoms with E-state index in [1.807, 2.05) is 18.2 Å². The van der Waals surface area contributed by atoms with E-state index in [4.69, 9.17) is 0 Å². The lowest BCUT2D eigenvalue weighted by atomic mass is 10.1. The smallest absolute Gasteiger partial charge is 0.334 e. The van der Waals surface area contributed by atoms with Crippen LogP contribution in [0.5, 0.6) is 0 Å². The monoisotopic (exact) mass is 361 g/mol. The molecule has 1 aromatic carbocycles. The SMILES string of the molecule is CNc1cc(-c2ccncc2)nc(Nc2ccc3[nH]ncc3c2)c1[N+](=O)[O-]. The Kier molecular flexibility index (Phi) is 4.09. The summed E-state index contributed by atoms with van der Waals surface area (Å²) < 4.78 is 0. The fourth-order valence-electron chi connectivity index (χ4n) is 2.83. The molecule has 0 fully saturated rings. The van der Waals surface area contributed by atoms with Gasteiger partial charge in [-0.05, 0) is 36.4 Å². The Hall–Kier alpha value is -4.01. The Morgan fingerprint density at radius 1 is 1.15 bits per heavy atom. The number of fused-ring (bicyclic) bond motifs is 1. The van der Waals surface area contributed by atoms with Gasteiger partial charge < -0.3 is 10.6 Å². The van der Waals surface area contributed by atoms with Crippen molar-refractivity contribution in [3.05, 3.63) is 65.1 Å². The maximum Gasteiger partial charge on any atom is 0.334 e. The van der Waals surface area contributed by atoms with E-state index in [1.165, 1.54) is 0 Å². The average Bonchev–Trinajstić information content (AvgIpc) is 3.15. The molecule has 9 nitrogen and oxygen atoms in total. The van der Waals surface area contributed by atoms with Crippen LogP contribution in [0.3, 0.4) is 0 Å². The van der Waals surface area contributed by atoms with Crippen LogP contribution in [-0.2, 0) is 0 Å². The Morgan fingerprint density at radius 2 is 1.96 bits per heavy atom. The van der Waals surface area contributed by atoms with Gasteiger partial charge in [-0.1, -0.05) is 0 Å². The second kappa shape index (κ2) is 6.71. The van der Waals surface area contributed by atoms with Crippen molar-refractivity contribution in [2.24, 2.45) is 0 Å². The summed E-state index contributed by atoms with van der Waals surface area (Å²) in [7, 11) is 1.64. The number of nitro groups is 1. The second-order valence-corrected chi connectivity index (χ2v) is 5.79. The second-order valence-electron chi connectivity index (χ2n) is 5.79. The molecule has 3 N–H and O–H groups in total. The number of H-pyrrole nitrogens is 1. The average molecular weight is 361 g/mol. The minimum Gasteiger partial charge on any atom is -0.382 e. The van der Waals surface area contributed by atoms with Crippen LogP contribution in [0.15, 0.2) is 55.0 Å². The van der Waals surface area contributed by atoms with Crippen molar-refractivity contribution in [1.29, 1.82) is 0 Å². The number of hydrogen-bond acceptors (Lipinski definition) is 7. The Labute approximate surface area is 153 Å². The van der Waals surface area contributed by atoms with E-state index in [0.29, 0.717) is 17.1 Å². The highest BCUT2D eigenvalue weighted by Gasteiger charge is 2.23. The normalized spacial score (nSPS) is 10.7. The van der Waals surface area contributed by atoms with Gasteiger partial charge in [0.05, 0.1) is 22.3 Å². The quantitative estimate of drug-likeness (QED) is 0.366. The first-order valence-electron chi connectivity index (χ1n) is 8.13. The summed E-state index contributed by atoms with van der Waals surface area (Å²) in [6, 6.07) is 10.8. The molecule has 0 amide bonds. The lowest BCUT2D eigenvalue weighted by molar-refractivity contribution is -0.383. The van der Waals surface area contributed by atoms with E-state index in [2.05, 4.69) is 30.8 Å². The van der Waals surface area contributed by atoms with Crippen molar-refractivity contribution in [3.8, 4) is 11.3 Å². The summed E-state index contributed by atoms with van der Waals surface area (Å²) in [4.78, 5) is 19.7. The molecule has 0 aliphatic heterocycles. The number of benzene rings is 1. The van der Waals surface area contributed by atoms with Gasteiger partial charge >= 0.3 is 5.69 Å². The molecule has 0 atom stereocenters. The van der Waals surface area contributed by atoms with E-state index < -0.39 is 4.92 Å². The highest BCUT2D eigenvalue weighted by atomic mass is 16.6. The zero-order chi connectivity index (χ0) is 18.8. The van der Waals surface area contributed by atoms with E-state index in [9.17, 15) is 10.1 Å². The summed E-state index contributed by atoms with van der Waals surface area (Å²) in [6.07, 6.45) is 4.99. The van der Waals surface area contributed by atoms with E-state index in [0.717, 1.165) is 16.5 Å². The Balaban J connectivity index is 1.84. The van der Waals surface area contributed by atoms with Crippen molar-refractivity contribution in [3.63, 3.8) is 0 Å². The summed E-state index contributed by atoms with van der Waals surface area (Å²) in [5.74, 6) is 0.154. The Bertz CT molecular complexity index is 1130. The minimum atomic E-state index is -0.451. The van der Waals surface area contributed by atoms with Crippen LogP contribution in [0.1, 0.15) is 0 Å². The van der Waals surface area contributed by atoms with Gasteiger partial charge in [0.1, 0.15) is 5.69 Å². The molecule has 4 rings (SSSR count). The van der Waals surface area contributed by atoms with Crippen molar-refractivity contribution >= 4 is 33.8 Å². The molecule has 9 heteroatoms. The highest BCUT2D eigenvalue weighted by Crippen LogP contribution is 2.36. The third kappa shape index (κ3) is 3.13. The van der Waals surface area contributed by atoms with Crippen LogP contribution >= 0.6 is 0 Å². The van der Waals surface area contributed by atoms with Crippen molar-refractivity contribution in [1.82, 2.24) is 20.2 Å². The molecule has 3 heterocycles. The fraction of sp³-hybridized carbons (Fsp3) is 0.0556. The molecule has 134 valence electrons. The van der Waals surface area contributed by atoms with Gasteiger partial charge in [-0.15, -0.1) is 0 Å². The first kappa shape index (κ1) is 16.5. The van der Waals surface area contributed by atoms with Gasteiger partial charge in [0.2, 0.25) is 5.82 Å². The molecule has 0 saturated carbocycles. The van der Waals surface area contributed by atoms with Crippen LogP contribution in [0.25, 0.3) is 22.2 Å². The predicted molar refractivity (Wildman–Crippen MR) is 103 cm³/mol. The van der Waals surface area contributed by atoms with Gasteiger partial charge in [-0.25, -0.2) is 4.98 Å². The molecule has 0 aliphatic carbocycles. The molecular weight excluding hydrogens is 346 g/mol. The van der Waals surface area contributed by atoms with Crippen molar-refractivity contribution in [2.75, 3.05) is 17.7 Å². The molecule has 0 unspecified atom stereocenters. The zero-order valence-electron chi connectivity index (χ0n) is 14.3. The number of aromatic amines is 1. The number of nitrogens with zero attached hydrogens (tertiary/aromatic N) is 4. The van der Waals surface area contributed by atoms with Crippen LogP contribution in [-0.4, -0.2) is 32.1 Å². The number of anilines is 3. The predicted octanol–water partition coefficient (Wildman–Crippen LogP) is 3.71. The van der Waals surface area contributed by atoms with Gasteiger partial charge in [0.15, 0.2) is 0 Å². The van der Waals surface area contributed by atoms with E-state index in [1.54, 1.807) is 43.8 Å². The molecule has 0 saturated heterocycles. The first-order valence-corrected chi connectivity index (χ1v) is 8.13. The molecule has 0 aliphatic rings. The third-order valence-corrected chi connectivity index (χ3v) is 4.12. The summed E-state index contributed by atoms with van der Waals surface area (Å²) in [5.41, 5.74) is 3.21. The molecule has 4 aromatic rings. The summed E-state index contributed by atoms with van der Waals surface area (Å²) >= 11 is 0. The molecule has 0 bridgehead atoms. The molecule has 27 heavy (non-hydrogen) atoms. The largest absolute Gasteiger partial charge is 0.382 e. The minimum absolute atomic E-state index is 0.123. The summed E-state index contributed by atoms with van der Waals surface area (Å²) in [6.45, 7) is 0. The Morgan fingerprint density at radius 3 is 2.70 bits per heavy atom. The van der Waals surface area contributed by atoms with Crippen LogP contribution in [0.2, 0.25) is 0 Å². The van der Waals surface area contributed by atoms with Crippen molar-refractivity contribution in [2.45, 2.75) is 0 Å². The lowest BCUT2D eigenvalue weighted by Gasteiger charge is -2.12.